The molecule has 15 heteroatoms. The van der Waals surface area contributed by atoms with Crippen molar-refractivity contribution in [2.75, 3.05) is 6.54 Å². The fourth-order valence-electron chi connectivity index (χ4n) is 7.03. The number of allylic oxidation sites excluding steroid dienone is 1. The number of hydroxylamine groups is 2. The maximum Gasteiger partial charge on any atom is 0.337 e. The molecule has 3 heterocycles. The monoisotopic (exact) mass is 692 g/mol. The van der Waals surface area contributed by atoms with Crippen LogP contribution in [0, 0.1) is 17.7 Å². The van der Waals surface area contributed by atoms with Crippen molar-refractivity contribution < 1.29 is 32.3 Å². The molecule has 4 atom stereocenters. The number of amides is 1. The molecule has 236 valence electrons. The fourth-order valence-corrected chi connectivity index (χ4v) is 10.1. The van der Waals surface area contributed by atoms with Crippen LogP contribution in [0.1, 0.15) is 65.5 Å². The van der Waals surface area contributed by atoms with Gasteiger partial charge in [0.25, 0.3) is 5.91 Å². The standard InChI is InChI=1S/C30H27Cl2FN4O6S2/c31-17-2-1-3-18(32)22(17)25-23(28(39)40)26(13-4-5-13)43-37(25)20-11-30(10-15(20)12-34-30)29-35-24-19(33)8-14(9-21(24)44-29)27(38)36-45(41,42)16-6-7-16/h1-3,8-9,13,15-16,20,25,34H,4-7,10-12H2,(H,36,38)(H,39,40). The van der Waals surface area contributed by atoms with Gasteiger partial charge in [0.05, 0.1) is 21.5 Å². The number of fused-ring (bicyclic) bond motifs is 3. The molecule has 3 saturated carbocycles. The van der Waals surface area contributed by atoms with Crippen molar-refractivity contribution in [2.24, 2.45) is 11.8 Å². The molecule has 4 fully saturated rings. The predicted octanol–water partition coefficient (Wildman–Crippen LogP) is 5.28. The van der Waals surface area contributed by atoms with Gasteiger partial charge < -0.3 is 15.3 Å². The van der Waals surface area contributed by atoms with Gasteiger partial charge in [-0.2, -0.15) is 0 Å². The minimum Gasteiger partial charge on any atom is -0.478 e. The molecule has 10 nitrogen and oxygen atoms in total. The van der Waals surface area contributed by atoms with Gasteiger partial charge in [0.2, 0.25) is 10.0 Å². The molecule has 2 aromatic carbocycles. The van der Waals surface area contributed by atoms with Crippen molar-refractivity contribution in [1.29, 1.82) is 0 Å². The number of carbonyl (C=O) groups excluding carboxylic acids is 1. The molecule has 0 spiro atoms. The summed E-state index contributed by atoms with van der Waals surface area (Å²) in [6.07, 6.45) is 3.81. The number of benzene rings is 2. The molecule has 3 aromatic rings. The lowest BCUT2D eigenvalue weighted by molar-refractivity contribution is -0.167. The van der Waals surface area contributed by atoms with Gasteiger partial charge in [-0.25, -0.2) is 27.3 Å². The highest BCUT2D eigenvalue weighted by molar-refractivity contribution is 7.91. The first kappa shape index (κ1) is 29.6. The summed E-state index contributed by atoms with van der Waals surface area (Å²) in [5.74, 6) is -2.15. The summed E-state index contributed by atoms with van der Waals surface area (Å²) in [7, 11) is -3.79. The second-order valence-electron chi connectivity index (χ2n) is 12.5. The maximum absolute atomic E-state index is 15.3. The number of hydrogen-bond acceptors (Lipinski definition) is 9. The van der Waals surface area contributed by atoms with Crippen molar-refractivity contribution in [3.8, 4) is 0 Å². The minimum absolute atomic E-state index is 0.0217. The normalized spacial score (nSPS) is 28.2. The van der Waals surface area contributed by atoms with E-state index in [0.717, 1.165) is 18.9 Å². The van der Waals surface area contributed by atoms with Gasteiger partial charge in [0, 0.05) is 33.6 Å². The third-order valence-corrected chi connectivity index (χ3v) is 13.2. The lowest BCUT2D eigenvalue weighted by Gasteiger charge is -2.37. The summed E-state index contributed by atoms with van der Waals surface area (Å²) >= 11 is 14.5. The first-order chi connectivity index (χ1) is 21.5. The molecule has 5 aliphatic rings. The van der Waals surface area contributed by atoms with Crippen LogP contribution in [0.25, 0.3) is 10.2 Å². The molecule has 1 aromatic heterocycles. The van der Waals surface area contributed by atoms with Crippen LogP contribution in [0.5, 0.6) is 0 Å². The number of nitrogens with one attached hydrogen (secondary N) is 2. The van der Waals surface area contributed by atoms with Crippen LogP contribution in [0.15, 0.2) is 41.7 Å². The number of carbonyl (C=O) groups is 2. The summed E-state index contributed by atoms with van der Waals surface area (Å²) in [4.78, 5) is 36.6. The summed E-state index contributed by atoms with van der Waals surface area (Å²) in [6.45, 7) is 0.597. The number of carboxylic acid groups (broad SMARTS) is 1. The Morgan fingerprint density at radius 3 is 2.56 bits per heavy atom. The van der Waals surface area contributed by atoms with Gasteiger partial charge in [-0.15, -0.1) is 16.4 Å². The third-order valence-electron chi connectivity index (χ3n) is 9.51. The summed E-state index contributed by atoms with van der Waals surface area (Å²) in [6, 6.07) is 6.51. The Morgan fingerprint density at radius 2 is 1.89 bits per heavy atom. The van der Waals surface area contributed by atoms with Gasteiger partial charge in [0.1, 0.15) is 27.9 Å². The highest BCUT2D eigenvalue weighted by Crippen LogP contribution is 2.57. The number of carboxylic acids is 1. The first-order valence-corrected chi connectivity index (χ1v) is 17.9. The Hall–Kier alpha value is -2.81. The van der Waals surface area contributed by atoms with E-state index in [1.807, 2.05) is 0 Å². The summed E-state index contributed by atoms with van der Waals surface area (Å²) in [5, 5.41) is 16.4. The van der Waals surface area contributed by atoms with E-state index in [2.05, 4.69) is 15.0 Å². The number of aliphatic carboxylic acids is 1. The van der Waals surface area contributed by atoms with E-state index >= 15 is 4.39 Å². The van der Waals surface area contributed by atoms with Crippen LogP contribution >= 0.6 is 34.5 Å². The molecule has 2 aliphatic heterocycles. The fraction of sp³-hybridized carbons (Fsp3) is 0.433. The molecule has 3 aliphatic carbocycles. The SMILES string of the molecule is O=C(O)C1=C(C2CC2)ON(C2CC3(c4nc5c(F)cc(C(=O)NS(=O)(=O)C6CC6)cc5s4)CC2CN3)C1c1c(Cl)cccc1Cl. The highest BCUT2D eigenvalue weighted by atomic mass is 35.5. The molecule has 1 amide bonds. The molecule has 45 heavy (non-hydrogen) atoms. The van der Waals surface area contributed by atoms with Crippen molar-refractivity contribution in [3.63, 3.8) is 0 Å². The van der Waals surface area contributed by atoms with Crippen LogP contribution in [0.2, 0.25) is 10.0 Å². The first-order valence-electron chi connectivity index (χ1n) is 14.7. The highest BCUT2D eigenvalue weighted by Gasteiger charge is 2.59. The molecule has 1 saturated heterocycles. The van der Waals surface area contributed by atoms with Crippen LogP contribution in [0.4, 0.5) is 4.39 Å². The maximum atomic E-state index is 15.3. The van der Waals surface area contributed by atoms with Crippen LogP contribution < -0.4 is 10.0 Å². The number of hydrogen-bond donors (Lipinski definition) is 3. The van der Waals surface area contributed by atoms with E-state index in [0.29, 0.717) is 63.3 Å². The zero-order chi connectivity index (χ0) is 31.4. The molecule has 2 bridgehead atoms. The summed E-state index contributed by atoms with van der Waals surface area (Å²) < 4.78 is 42.4. The average Bonchev–Trinajstić information content (AvgIpc) is 3.86. The quantitative estimate of drug-likeness (QED) is 0.288. The zero-order valence-electron chi connectivity index (χ0n) is 23.6. The van der Waals surface area contributed by atoms with E-state index in [1.54, 1.807) is 23.3 Å². The number of rotatable bonds is 8. The van der Waals surface area contributed by atoms with Gasteiger partial charge in [-0.1, -0.05) is 29.3 Å². The number of nitrogens with zero attached hydrogens (tertiary/aromatic N) is 2. The van der Waals surface area contributed by atoms with E-state index in [4.69, 9.17) is 28.0 Å². The number of thiazole rings is 1. The van der Waals surface area contributed by atoms with Crippen molar-refractivity contribution in [3.05, 3.63) is 73.7 Å². The van der Waals surface area contributed by atoms with E-state index in [-0.39, 0.29) is 34.5 Å². The predicted molar refractivity (Wildman–Crippen MR) is 165 cm³/mol. The Labute approximate surface area is 271 Å². The average molecular weight is 694 g/mol. The molecular formula is C30H27Cl2FN4O6S2. The molecule has 0 radical (unpaired) electrons. The number of sulfonamides is 1. The van der Waals surface area contributed by atoms with Crippen LogP contribution in [-0.4, -0.2) is 53.3 Å². The van der Waals surface area contributed by atoms with Gasteiger partial charge in [-0.3, -0.25) is 4.79 Å². The van der Waals surface area contributed by atoms with E-state index in [1.165, 1.54) is 17.4 Å². The Bertz CT molecular complexity index is 1920. The van der Waals surface area contributed by atoms with Crippen molar-refractivity contribution in [2.45, 2.75) is 61.4 Å². The smallest absolute Gasteiger partial charge is 0.337 e. The van der Waals surface area contributed by atoms with Crippen LogP contribution in [0.3, 0.4) is 0 Å². The number of halogens is 3. The molecule has 8 rings (SSSR count). The lowest BCUT2D eigenvalue weighted by atomic mass is 9.93. The second-order valence-corrected chi connectivity index (χ2v) is 16.4. The minimum atomic E-state index is -3.79. The van der Waals surface area contributed by atoms with Gasteiger partial charge >= 0.3 is 5.97 Å². The summed E-state index contributed by atoms with van der Waals surface area (Å²) in [5.41, 5.74) is -0.0105. The van der Waals surface area contributed by atoms with Crippen LogP contribution in [-0.2, 0) is 25.2 Å². The second kappa shape index (κ2) is 10.3. The van der Waals surface area contributed by atoms with Crippen molar-refractivity contribution >= 4 is 66.7 Å². The van der Waals surface area contributed by atoms with E-state index < -0.39 is 44.5 Å². The zero-order valence-corrected chi connectivity index (χ0v) is 26.7. The van der Waals surface area contributed by atoms with Gasteiger partial charge in [-0.05, 0) is 68.7 Å². The lowest BCUT2D eigenvalue weighted by Crippen LogP contribution is -2.48. The van der Waals surface area contributed by atoms with Crippen molar-refractivity contribution in [1.82, 2.24) is 20.1 Å². The number of piperidine rings is 1. The largest absolute Gasteiger partial charge is 0.478 e. The molecule has 3 N–H and O–H groups in total. The Morgan fingerprint density at radius 1 is 1.16 bits per heavy atom. The van der Waals surface area contributed by atoms with E-state index in [9.17, 15) is 23.1 Å². The number of aromatic nitrogens is 1. The topological polar surface area (TPSA) is 138 Å². The Balaban J connectivity index is 1.13. The Kier molecular flexibility index (Phi) is 6.80. The van der Waals surface area contributed by atoms with Gasteiger partial charge in [0.15, 0.2) is 5.82 Å². The third kappa shape index (κ3) is 4.85. The molecular weight excluding hydrogens is 666 g/mol. The molecule has 4 unspecified atom stereocenters.